The molecule has 3 aromatic heterocycles. The zero-order valence-corrected chi connectivity index (χ0v) is 21.1. The minimum absolute atomic E-state index is 0.136. The Labute approximate surface area is 213 Å². The second kappa shape index (κ2) is 5.32. The Hall–Kier alpha value is -4.38. The first kappa shape index (κ1) is 18.8. The minimum Gasteiger partial charge on any atom is -0.456 e. The van der Waals surface area contributed by atoms with Crippen molar-refractivity contribution in [2.45, 2.75) is 38.8 Å². The Morgan fingerprint density at radius 3 is 2.46 bits per heavy atom. The highest BCUT2D eigenvalue weighted by Crippen LogP contribution is 2.57. The Balaban J connectivity index is 1.60. The van der Waals surface area contributed by atoms with Crippen molar-refractivity contribution in [3.05, 3.63) is 107 Å². The molecule has 5 heteroatoms. The first-order valence-electron chi connectivity index (χ1n) is 13.1. The van der Waals surface area contributed by atoms with Gasteiger partial charge in [-0.15, -0.1) is 4.68 Å². The summed E-state index contributed by atoms with van der Waals surface area (Å²) < 4.78 is 16.8. The van der Waals surface area contributed by atoms with Crippen LogP contribution in [0.25, 0.3) is 33.3 Å². The number of ether oxygens (including phenoxy) is 1. The minimum atomic E-state index is -0.583. The molecule has 0 N–H and O–H groups in total. The van der Waals surface area contributed by atoms with Crippen molar-refractivity contribution in [3.63, 3.8) is 0 Å². The van der Waals surface area contributed by atoms with E-state index in [0.717, 1.165) is 11.5 Å². The third-order valence-corrected chi connectivity index (χ3v) is 9.53. The Bertz CT molecular complexity index is 2130. The number of hydrogen-bond acceptors (Lipinski definition) is 1. The number of hydrogen-bond donors (Lipinski definition) is 0. The van der Waals surface area contributed by atoms with E-state index >= 15 is 0 Å². The van der Waals surface area contributed by atoms with Crippen molar-refractivity contribution in [2.24, 2.45) is 0 Å². The fraction of sp³-hybridized carbons (Fsp3) is 0.188. The molecule has 176 valence electrons. The summed E-state index contributed by atoms with van der Waals surface area (Å²) in [5.74, 6) is 3.13. The summed E-state index contributed by atoms with van der Waals surface area (Å²) in [6.07, 6.45) is 2.29. The van der Waals surface area contributed by atoms with Gasteiger partial charge in [-0.3, -0.25) is 0 Å². The van der Waals surface area contributed by atoms with E-state index in [2.05, 4.69) is 119 Å². The molecule has 1 unspecified atom stereocenters. The zero-order valence-electron chi connectivity index (χ0n) is 21.1. The number of nitrogens with zero attached hydrogens (tertiary/aromatic N) is 4. The van der Waals surface area contributed by atoms with Crippen molar-refractivity contribution in [1.29, 1.82) is 0 Å². The molecule has 37 heavy (non-hydrogen) atoms. The first-order chi connectivity index (χ1) is 18.0. The monoisotopic (exact) mass is 480 g/mol. The van der Waals surface area contributed by atoms with Gasteiger partial charge in [0.25, 0.3) is 5.82 Å². The van der Waals surface area contributed by atoms with E-state index in [1.54, 1.807) is 0 Å². The van der Waals surface area contributed by atoms with Gasteiger partial charge >= 0.3 is 5.66 Å². The maximum atomic E-state index is 6.75. The van der Waals surface area contributed by atoms with Crippen LogP contribution < -0.4 is 14.0 Å². The van der Waals surface area contributed by atoms with Gasteiger partial charge in [0, 0.05) is 34.7 Å². The van der Waals surface area contributed by atoms with Crippen LogP contribution in [0.2, 0.25) is 0 Å². The summed E-state index contributed by atoms with van der Waals surface area (Å²) in [5.41, 5.74) is 10.7. The number of pyridine rings is 1. The molecule has 4 aliphatic heterocycles. The molecular formula is C32H24N4O+2. The molecule has 0 aliphatic carbocycles. The molecule has 0 amide bonds. The van der Waals surface area contributed by atoms with Crippen molar-refractivity contribution in [3.8, 4) is 23.0 Å². The van der Waals surface area contributed by atoms with Gasteiger partial charge in [0.2, 0.25) is 5.69 Å². The van der Waals surface area contributed by atoms with Crippen LogP contribution >= 0.6 is 0 Å². The fourth-order valence-electron chi connectivity index (χ4n) is 8.26. The maximum absolute atomic E-state index is 6.75. The van der Waals surface area contributed by atoms with Crippen molar-refractivity contribution in [1.82, 2.24) is 9.25 Å². The van der Waals surface area contributed by atoms with Crippen LogP contribution in [-0.2, 0) is 11.1 Å². The smallest absolute Gasteiger partial charge is 0.397 e. The molecule has 7 heterocycles. The lowest BCUT2D eigenvalue weighted by molar-refractivity contribution is -0.995. The van der Waals surface area contributed by atoms with Gasteiger partial charge in [-0.05, 0) is 49.4 Å². The van der Waals surface area contributed by atoms with Gasteiger partial charge in [0.05, 0.1) is 17.5 Å². The molecule has 1 atom stereocenters. The van der Waals surface area contributed by atoms with Crippen LogP contribution in [0, 0.1) is 13.8 Å². The van der Waals surface area contributed by atoms with E-state index in [0.29, 0.717) is 0 Å². The van der Waals surface area contributed by atoms with E-state index in [9.17, 15) is 0 Å². The molecule has 0 saturated carbocycles. The average molecular weight is 481 g/mol. The molecule has 0 radical (unpaired) electrons. The predicted molar refractivity (Wildman–Crippen MR) is 140 cm³/mol. The predicted octanol–water partition coefficient (Wildman–Crippen LogP) is 5.44. The van der Waals surface area contributed by atoms with Gasteiger partial charge in [-0.25, -0.2) is 0 Å². The topological polar surface area (TPSA) is 26.8 Å². The fourth-order valence-corrected chi connectivity index (χ4v) is 8.26. The highest BCUT2D eigenvalue weighted by molar-refractivity contribution is 6.13. The van der Waals surface area contributed by atoms with Crippen molar-refractivity contribution >= 4 is 21.8 Å². The molecule has 0 saturated heterocycles. The normalized spacial score (nSPS) is 19.9. The van der Waals surface area contributed by atoms with Crippen LogP contribution in [0.3, 0.4) is 0 Å². The van der Waals surface area contributed by atoms with Crippen molar-refractivity contribution < 1.29 is 14.0 Å². The van der Waals surface area contributed by atoms with Gasteiger partial charge in [0.15, 0.2) is 11.1 Å². The maximum Gasteiger partial charge on any atom is 0.397 e. The van der Waals surface area contributed by atoms with E-state index in [1.807, 2.05) is 0 Å². The Morgan fingerprint density at radius 1 is 0.784 bits per heavy atom. The van der Waals surface area contributed by atoms with Crippen LogP contribution in [0.5, 0.6) is 11.5 Å². The quantitative estimate of drug-likeness (QED) is 0.266. The molecule has 5 nitrogen and oxygen atoms in total. The lowest BCUT2D eigenvalue weighted by Gasteiger charge is -2.37. The van der Waals surface area contributed by atoms with Gasteiger partial charge in [0.1, 0.15) is 28.3 Å². The Morgan fingerprint density at radius 2 is 1.57 bits per heavy atom. The van der Waals surface area contributed by atoms with Crippen LogP contribution in [-0.4, -0.2) is 9.25 Å². The summed E-state index contributed by atoms with van der Waals surface area (Å²) in [5, 5.41) is 2.60. The summed E-state index contributed by atoms with van der Waals surface area (Å²) in [7, 11) is 0. The number of fused-ring (bicyclic) bond motifs is 3. The molecule has 3 aromatic carbocycles. The van der Waals surface area contributed by atoms with Gasteiger partial charge in [-0.1, -0.05) is 36.7 Å². The molecular weight excluding hydrogens is 456 g/mol. The highest BCUT2D eigenvalue weighted by Gasteiger charge is 2.70. The van der Waals surface area contributed by atoms with Crippen molar-refractivity contribution in [2.75, 3.05) is 0 Å². The second-order valence-electron chi connectivity index (χ2n) is 11.6. The van der Waals surface area contributed by atoms with Gasteiger partial charge in [-0.2, -0.15) is 9.13 Å². The zero-order chi connectivity index (χ0) is 24.6. The highest BCUT2D eigenvalue weighted by atomic mass is 16.5. The Kier molecular flexibility index (Phi) is 2.71. The first-order valence-corrected chi connectivity index (χ1v) is 13.1. The molecule has 0 fully saturated rings. The van der Waals surface area contributed by atoms with Crippen LogP contribution in [0.4, 0.5) is 0 Å². The average Bonchev–Trinajstić information content (AvgIpc) is 3.51. The number of benzene rings is 3. The standard InChI is InChI=1S/C32H24N4O/c1-17-16-18(2)36-32-26-23(35(17)36)11-6-12-24(26)37-25-14-13-20-19-8-5-9-21-28(19)34(29(20)27(25)32)30-22(31(21,3)4)10-7-15-33(30)32/h5-16H,1-4H3/q+2. The molecule has 0 bridgehead atoms. The van der Waals surface area contributed by atoms with E-state index < -0.39 is 5.66 Å². The lowest BCUT2D eigenvalue weighted by atomic mass is 9.75. The third kappa shape index (κ3) is 1.63. The summed E-state index contributed by atoms with van der Waals surface area (Å²) in [4.78, 5) is 0. The molecule has 4 aliphatic rings. The summed E-state index contributed by atoms with van der Waals surface area (Å²) in [6.45, 7) is 9.20. The third-order valence-electron chi connectivity index (χ3n) is 9.53. The van der Waals surface area contributed by atoms with Crippen LogP contribution in [0.1, 0.15) is 47.5 Å². The SMILES string of the molecule is Cc1cc(C)[n+]2n1-c1cccc3c1C21c2c(ccc4c5cccc6c5n(c24)-c2c(ccc[n+]21)C6(C)C)O3. The largest absolute Gasteiger partial charge is 0.456 e. The second-order valence-corrected chi connectivity index (χ2v) is 11.6. The summed E-state index contributed by atoms with van der Waals surface area (Å²) >= 11 is 0. The van der Waals surface area contributed by atoms with Crippen LogP contribution in [0.15, 0.2) is 72.9 Å². The molecule has 1 spiro atoms. The number of aryl methyl sites for hydroxylation is 2. The number of aromatic nitrogens is 4. The van der Waals surface area contributed by atoms with Gasteiger partial charge < -0.3 is 4.74 Å². The van der Waals surface area contributed by atoms with E-state index in [4.69, 9.17) is 4.74 Å². The van der Waals surface area contributed by atoms with E-state index in [-0.39, 0.29) is 5.41 Å². The number of rotatable bonds is 0. The lowest BCUT2D eigenvalue weighted by Crippen LogP contribution is -2.78. The van der Waals surface area contributed by atoms with E-state index in [1.165, 1.54) is 67.0 Å². The molecule has 10 rings (SSSR count). The number of para-hydroxylation sites is 1. The summed E-state index contributed by atoms with van der Waals surface area (Å²) in [6, 6.07) is 24.7. The molecule has 6 aromatic rings.